The van der Waals surface area contributed by atoms with Crippen LogP contribution in [0.25, 0.3) is 0 Å². The van der Waals surface area contributed by atoms with E-state index in [2.05, 4.69) is 32.9 Å². The van der Waals surface area contributed by atoms with Crippen molar-refractivity contribution in [2.45, 2.75) is 46.5 Å². The molecule has 0 aliphatic carbocycles. The van der Waals surface area contributed by atoms with Crippen LogP contribution < -0.4 is 4.74 Å². The van der Waals surface area contributed by atoms with Gasteiger partial charge in [-0.25, -0.2) is 0 Å². The molecule has 1 nitrogen and oxygen atoms in total. The number of hydrogen-bond acceptors (Lipinski definition) is 1. The Morgan fingerprint density at radius 2 is 2.06 bits per heavy atom. The third-order valence-corrected chi connectivity index (χ3v) is 3.05. The maximum Gasteiger partial charge on any atom is 0.119 e. The van der Waals surface area contributed by atoms with Gasteiger partial charge in [0.15, 0.2) is 0 Å². The van der Waals surface area contributed by atoms with E-state index in [0.29, 0.717) is 0 Å². The number of hydrogen-bond donors (Lipinski definition) is 0. The number of ether oxygens (including phenoxy) is 1. The molecule has 0 N–H and O–H groups in total. The van der Waals surface area contributed by atoms with Gasteiger partial charge in [0.1, 0.15) is 5.75 Å². The molecule has 0 aromatic heterocycles. The van der Waals surface area contributed by atoms with Crippen LogP contribution in [0.2, 0.25) is 0 Å². The molecule has 0 saturated heterocycles. The van der Waals surface area contributed by atoms with Crippen LogP contribution in [-0.4, -0.2) is 6.61 Å². The summed E-state index contributed by atoms with van der Waals surface area (Å²) in [4.78, 5) is 0. The molecule has 1 aromatic carbocycles. The van der Waals surface area contributed by atoms with Crippen LogP contribution in [0.15, 0.2) is 24.3 Å². The molecule has 0 aliphatic rings. The summed E-state index contributed by atoms with van der Waals surface area (Å²) < 4.78 is 5.70. The molecular weight excluding hydrogens is 196 g/mol. The number of unbranched alkanes of at least 4 members (excludes halogenated alkanes) is 1. The van der Waals surface area contributed by atoms with E-state index in [-0.39, 0.29) is 0 Å². The lowest BCUT2D eigenvalue weighted by atomic mass is 10.0. The second-order valence-electron chi connectivity index (χ2n) is 4.67. The molecule has 0 heterocycles. The Hall–Kier alpha value is -0.980. The van der Waals surface area contributed by atoms with Gasteiger partial charge in [0.2, 0.25) is 0 Å². The highest BCUT2D eigenvalue weighted by Gasteiger charge is 1.98. The van der Waals surface area contributed by atoms with Gasteiger partial charge in [0.05, 0.1) is 6.61 Å². The van der Waals surface area contributed by atoms with Crippen molar-refractivity contribution in [3.63, 3.8) is 0 Å². The molecule has 0 bridgehead atoms. The van der Waals surface area contributed by atoms with E-state index in [0.717, 1.165) is 24.7 Å². The Morgan fingerprint density at radius 3 is 2.75 bits per heavy atom. The SMILES string of the molecule is CCC(C)CCCCOc1cccc(C)c1. The summed E-state index contributed by atoms with van der Waals surface area (Å²) in [5.41, 5.74) is 1.26. The van der Waals surface area contributed by atoms with Crippen molar-refractivity contribution in [3.05, 3.63) is 29.8 Å². The van der Waals surface area contributed by atoms with Gasteiger partial charge in [-0.05, 0) is 43.4 Å². The first-order chi connectivity index (χ1) is 7.72. The summed E-state index contributed by atoms with van der Waals surface area (Å²) in [7, 11) is 0. The summed E-state index contributed by atoms with van der Waals surface area (Å²) in [5.74, 6) is 1.86. The van der Waals surface area contributed by atoms with Gasteiger partial charge in [-0.2, -0.15) is 0 Å². The van der Waals surface area contributed by atoms with Gasteiger partial charge in [0.25, 0.3) is 0 Å². The minimum absolute atomic E-state index is 0.847. The fraction of sp³-hybridized carbons (Fsp3) is 0.600. The minimum Gasteiger partial charge on any atom is -0.494 e. The van der Waals surface area contributed by atoms with E-state index >= 15 is 0 Å². The number of rotatable bonds is 7. The summed E-state index contributed by atoms with van der Waals surface area (Å²) in [6, 6.07) is 8.26. The zero-order valence-electron chi connectivity index (χ0n) is 10.8. The topological polar surface area (TPSA) is 9.23 Å². The predicted octanol–water partition coefficient (Wildman–Crippen LogP) is 4.59. The average molecular weight is 220 g/mol. The molecule has 1 atom stereocenters. The second kappa shape index (κ2) is 7.32. The first-order valence-electron chi connectivity index (χ1n) is 6.42. The van der Waals surface area contributed by atoms with Crippen molar-refractivity contribution < 1.29 is 4.74 Å². The highest BCUT2D eigenvalue weighted by Crippen LogP contribution is 2.14. The molecule has 0 fully saturated rings. The zero-order chi connectivity index (χ0) is 11.8. The maximum absolute atomic E-state index is 5.70. The van der Waals surface area contributed by atoms with Crippen LogP contribution >= 0.6 is 0 Å². The van der Waals surface area contributed by atoms with Crippen LogP contribution in [0.5, 0.6) is 5.75 Å². The first-order valence-corrected chi connectivity index (χ1v) is 6.42. The van der Waals surface area contributed by atoms with Crippen LogP contribution in [0.1, 0.15) is 45.1 Å². The Bertz CT molecular complexity index is 293. The summed E-state index contributed by atoms with van der Waals surface area (Å²) in [5, 5.41) is 0. The number of aryl methyl sites for hydroxylation is 1. The van der Waals surface area contributed by atoms with E-state index in [4.69, 9.17) is 4.74 Å². The Balaban J connectivity index is 2.12. The van der Waals surface area contributed by atoms with Gasteiger partial charge in [-0.3, -0.25) is 0 Å². The average Bonchev–Trinajstić information content (AvgIpc) is 2.28. The quantitative estimate of drug-likeness (QED) is 0.611. The smallest absolute Gasteiger partial charge is 0.119 e. The van der Waals surface area contributed by atoms with E-state index in [9.17, 15) is 0 Å². The summed E-state index contributed by atoms with van der Waals surface area (Å²) >= 11 is 0. The normalized spacial score (nSPS) is 12.4. The fourth-order valence-electron chi connectivity index (χ4n) is 1.69. The van der Waals surface area contributed by atoms with Crippen LogP contribution in [-0.2, 0) is 0 Å². The molecule has 0 amide bonds. The molecule has 16 heavy (non-hydrogen) atoms. The predicted molar refractivity (Wildman–Crippen MR) is 70.0 cm³/mol. The summed E-state index contributed by atoms with van der Waals surface area (Å²) in [6.07, 6.45) is 5.06. The summed E-state index contributed by atoms with van der Waals surface area (Å²) in [6.45, 7) is 7.52. The molecule has 0 spiro atoms. The van der Waals surface area contributed by atoms with Crippen molar-refractivity contribution in [1.29, 1.82) is 0 Å². The van der Waals surface area contributed by atoms with Crippen molar-refractivity contribution in [2.24, 2.45) is 5.92 Å². The molecule has 0 radical (unpaired) electrons. The molecule has 1 aromatic rings. The number of benzene rings is 1. The minimum atomic E-state index is 0.847. The molecule has 0 saturated carbocycles. The zero-order valence-corrected chi connectivity index (χ0v) is 10.8. The standard InChI is InChI=1S/C15H24O/c1-4-13(2)8-5-6-11-16-15-10-7-9-14(3)12-15/h7,9-10,12-13H,4-6,8,11H2,1-3H3. The van der Waals surface area contributed by atoms with E-state index in [1.807, 2.05) is 12.1 Å². The van der Waals surface area contributed by atoms with Crippen molar-refractivity contribution >= 4 is 0 Å². The molecule has 1 heteroatoms. The maximum atomic E-state index is 5.70. The van der Waals surface area contributed by atoms with Gasteiger partial charge in [-0.15, -0.1) is 0 Å². The molecular formula is C15H24O. The lowest BCUT2D eigenvalue weighted by molar-refractivity contribution is 0.299. The highest BCUT2D eigenvalue weighted by molar-refractivity contribution is 5.27. The van der Waals surface area contributed by atoms with Gasteiger partial charge in [-0.1, -0.05) is 38.8 Å². The van der Waals surface area contributed by atoms with E-state index in [1.165, 1.54) is 24.8 Å². The monoisotopic (exact) mass is 220 g/mol. The molecule has 0 aliphatic heterocycles. The van der Waals surface area contributed by atoms with Gasteiger partial charge >= 0.3 is 0 Å². The largest absolute Gasteiger partial charge is 0.494 e. The second-order valence-corrected chi connectivity index (χ2v) is 4.67. The van der Waals surface area contributed by atoms with Crippen LogP contribution in [0, 0.1) is 12.8 Å². The first kappa shape index (κ1) is 13.1. The van der Waals surface area contributed by atoms with E-state index in [1.54, 1.807) is 0 Å². The molecule has 1 unspecified atom stereocenters. The Kier molecular flexibility index (Phi) is 5.99. The lowest BCUT2D eigenvalue weighted by Crippen LogP contribution is -1.99. The fourth-order valence-corrected chi connectivity index (χ4v) is 1.69. The van der Waals surface area contributed by atoms with E-state index < -0.39 is 0 Å². The Morgan fingerprint density at radius 1 is 1.25 bits per heavy atom. The van der Waals surface area contributed by atoms with Crippen molar-refractivity contribution in [3.8, 4) is 5.75 Å². The van der Waals surface area contributed by atoms with Crippen LogP contribution in [0.4, 0.5) is 0 Å². The van der Waals surface area contributed by atoms with Gasteiger partial charge in [0, 0.05) is 0 Å². The third kappa shape index (κ3) is 5.20. The lowest BCUT2D eigenvalue weighted by Gasteiger charge is -2.09. The van der Waals surface area contributed by atoms with Crippen LogP contribution in [0.3, 0.4) is 0 Å². The molecule has 90 valence electrons. The van der Waals surface area contributed by atoms with Gasteiger partial charge < -0.3 is 4.74 Å². The Labute approximate surface area is 99.8 Å². The molecule has 1 rings (SSSR count). The van der Waals surface area contributed by atoms with Crippen molar-refractivity contribution in [2.75, 3.05) is 6.61 Å². The highest BCUT2D eigenvalue weighted by atomic mass is 16.5. The van der Waals surface area contributed by atoms with Crippen molar-refractivity contribution in [1.82, 2.24) is 0 Å². The third-order valence-electron chi connectivity index (χ3n) is 3.05.